The minimum atomic E-state index is 0.689. The lowest BCUT2D eigenvalue weighted by molar-refractivity contribution is 0.474. The number of thiophene rings is 1. The molecule has 1 aliphatic rings. The van der Waals surface area contributed by atoms with E-state index in [1.165, 1.54) is 34.6 Å². The standard InChI is InChI=1S/C13H19NS/c1-10-8-12(11(2)15-10)9-14-13-6-4-3-5-7-13/h3-4,8,13-14H,5-7,9H2,1-2H3. The van der Waals surface area contributed by atoms with E-state index in [0.29, 0.717) is 6.04 Å². The Hall–Kier alpha value is -0.600. The predicted octanol–water partition coefficient (Wildman–Crippen LogP) is 3.56. The van der Waals surface area contributed by atoms with Crippen LogP contribution in [0.5, 0.6) is 0 Å². The second-order valence-corrected chi connectivity index (χ2v) is 5.76. The molecule has 0 fully saturated rings. The Bertz CT molecular complexity index is 351. The monoisotopic (exact) mass is 221 g/mol. The Balaban J connectivity index is 1.87. The summed E-state index contributed by atoms with van der Waals surface area (Å²) >= 11 is 1.90. The summed E-state index contributed by atoms with van der Waals surface area (Å²) in [7, 11) is 0. The molecule has 0 aliphatic heterocycles. The van der Waals surface area contributed by atoms with Gasteiger partial charge in [-0.05, 0) is 44.7 Å². The normalized spacial score (nSPS) is 20.8. The van der Waals surface area contributed by atoms with Crippen LogP contribution < -0.4 is 5.32 Å². The summed E-state index contributed by atoms with van der Waals surface area (Å²) < 4.78 is 0. The van der Waals surface area contributed by atoms with E-state index >= 15 is 0 Å². The molecule has 0 bridgehead atoms. The zero-order chi connectivity index (χ0) is 10.7. The van der Waals surface area contributed by atoms with Gasteiger partial charge in [-0.2, -0.15) is 0 Å². The van der Waals surface area contributed by atoms with E-state index in [4.69, 9.17) is 0 Å². The number of allylic oxidation sites excluding steroid dienone is 1. The molecule has 2 rings (SSSR count). The molecule has 1 unspecified atom stereocenters. The Morgan fingerprint density at radius 2 is 2.27 bits per heavy atom. The van der Waals surface area contributed by atoms with Gasteiger partial charge in [-0.1, -0.05) is 12.2 Å². The summed E-state index contributed by atoms with van der Waals surface area (Å²) in [6.45, 7) is 5.44. The maximum atomic E-state index is 3.65. The maximum absolute atomic E-state index is 3.65. The number of aryl methyl sites for hydroxylation is 2. The molecule has 1 aliphatic carbocycles. The number of hydrogen-bond donors (Lipinski definition) is 1. The van der Waals surface area contributed by atoms with Crippen molar-refractivity contribution in [3.05, 3.63) is 33.5 Å². The molecule has 1 aromatic heterocycles. The minimum absolute atomic E-state index is 0.689. The molecule has 1 aromatic rings. The van der Waals surface area contributed by atoms with Crippen LogP contribution in [0.3, 0.4) is 0 Å². The number of hydrogen-bond acceptors (Lipinski definition) is 2. The average Bonchev–Trinajstić information content (AvgIpc) is 2.56. The van der Waals surface area contributed by atoms with Gasteiger partial charge in [0.15, 0.2) is 0 Å². The highest BCUT2D eigenvalue weighted by molar-refractivity contribution is 7.12. The summed E-state index contributed by atoms with van der Waals surface area (Å²) in [6.07, 6.45) is 8.31. The highest BCUT2D eigenvalue weighted by atomic mass is 32.1. The van der Waals surface area contributed by atoms with Gasteiger partial charge < -0.3 is 5.32 Å². The number of rotatable bonds is 3. The fraction of sp³-hybridized carbons (Fsp3) is 0.538. The van der Waals surface area contributed by atoms with Gasteiger partial charge in [-0.25, -0.2) is 0 Å². The molecule has 0 spiro atoms. The van der Waals surface area contributed by atoms with Crippen molar-refractivity contribution in [2.24, 2.45) is 0 Å². The molecule has 0 saturated heterocycles. The quantitative estimate of drug-likeness (QED) is 0.770. The van der Waals surface area contributed by atoms with E-state index in [-0.39, 0.29) is 0 Å². The summed E-state index contributed by atoms with van der Waals surface area (Å²) in [4.78, 5) is 2.89. The average molecular weight is 221 g/mol. The van der Waals surface area contributed by atoms with Gasteiger partial charge in [-0.3, -0.25) is 0 Å². The summed E-state index contributed by atoms with van der Waals surface area (Å²) in [5, 5.41) is 3.65. The fourth-order valence-electron chi connectivity index (χ4n) is 2.09. The largest absolute Gasteiger partial charge is 0.310 e. The van der Waals surface area contributed by atoms with Crippen molar-refractivity contribution < 1.29 is 0 Å². The topological polar surface area (TPSA) is 12.0 Å². The van der Waals surface area contributed by atoms with Crippen molar-refractivity contribution in [1.29, 1.82) is 0 Å². The molecule has 15 heavy (non-hydrogen) atoms. The van der Waals surface area contributed by atoms with Crippen molar-refractivity contribution in [2.75, 3.05) is 0 Å². The van der Waals surface area contributed by atoms with Crippen LogP contribution >= 0.6 is 11.3 Å². The van der Waals surface area contributed by atoms with Gasteiger partial charge in [0.25, 0.3) is 0 Å². The first-order valence-electron chi connectivity index (χ1n) is 5.70. The van der Waals surface area contributed by atoms with Crippen LogP contribution in [-0.4, -0.2) is 6.04 Å². The van der Waals surface area contributed by atoms with Crippen LogP contribution in [0.25, 0.3) is 0 Å². The van der Waals surface area contributed by atoms with Crippen molar-refractivity contribution >= 4 is 11.3 Å². The van der Waals surface area contributed by atoms with E-state index < -0.39 is 0 Å². The van der Waals surface area contributed by atoms with Crippen LogP contribution in [0.4, 0.5) is 0 Å². The van der Waals surface area contributed by atoms with E-state index in [1.54, 1.807) is 0 Å². The van der Waals surface area contributed by atoms with Crippen LogP contribution in [-0.2, 0) is 6.54 Å². The van der Waals surface area contributed by atoms with Gasteiger partial charge in [-0.15, -0.1) is 11.3 Å². The molecule has 1 atom stereocenters. The molecule has 0 aromatic carbocycles. The number of nitrogens with one attached hydrogen (secondary N) is 1. The second-order valence-electron chi connectivity index (χ2n) is 4.30. The molecule has 2 heteroatoms. The summed E-state index contributed by atoms with van der Waals surface area (Å²) in [5.74, 6) is 0. The van der Waals surface area contributed by atoms with Crippen LogP contribution in [0.1, 0.15) is 34.6 Å². The minimum Gasteiger partial charge on any atom is -0.310 e. The van der Waals surface area contributed by atoms with Gasteiger partial charge in [0.05, 0.1) is 0 Å². The predicted molar refractivity (Wildman–Crippen MR) is 67.4 cm³/mol. The molecule has 0 radical (unpaired) electrons. The van der Waals surface area contributed by atoms with E-state index in [0.717, 1.165) is 6.54 Å². The molecule has 1 N–H and O–H groups in total. The zero-order valence-corrected chi connectivity index (χ0v) is 10.4. The first-order valence-corrected chi connectivity index (χ1v) is 6.51. The molecular formula is C13H19NS. The Labute approximate surface area is 96.2 Å². The maximum Gasteiger partial charge on any atom is 0.0219 e. The highest BCUT2D eigenvalue weighted by Crippen LogP contribution is 2.21. The third-order valence-corrected chi connectivity index (χ3v) is 4.00. The summed E-state index contributed by atoms with van der Waals surface area (Å²) in [6, 6.07) is 3.00. The fourth-order valence-corrected chi connectivity index (χ4v) is 3.04. The van der Waals surface area contributed by atoms with Crippen LogP contribution in [0.2, 0.25) is 0 Å². The highest BCUT2D eigenvalue weighted by Gasteiger charge is 2.10. The molecule has 0 saturated carbocycles. The van der Waals surface area contributed by atoms with Gasteiger partial charge >= 0.3 is 0 Å². The molecule has 0 amide bonds. The van der Waals surface area contributed by atoms with Crippen molar-refractivity contribution in [3.63, 3.8) is 0 Å². The van der Waals surface area contributed by atoms with Gasteiger partial charge in [0.2, 0.25) is 0 Å². The first-order chi connectivity index (χ1) is 7.25. The van der Waals surface area contributed by atoms with E-state index in [2.05, 4.69) is 37.4 Å². The Morgan fingerprint density at radius 1 is 1.40 bits per heavy atom. The van der Waals surface area contributed by atoms with E-state index in [1.807, 2.05) is 11.3 Å². The van der Waals surface area contributed by atoms with Crippen molar-refractivity contribution in [1.82, 2.24) is 5.32 Å². The van der Waals surface area contributed by atoms with E-state index in [9.17, 15) is 0 Å². The first kappa shape index (κ1) is 10.9. The van der Waals surface area contributed by atoms with Crippen LogP contribution in [0, 0.1) is 13.8 Å². The van der Waals surface area contributed by atoms with Gasteiger partial charge in [0, 0.05) is 22.3 Å². The zero-order valence-electron chi connectivity index (χ0n) is 9.55. The second kappa shape index (κ2) is 4.95. The van der Waals surface area contributed by atoms with Crippen molar-refractivity contribution in [2.45, 2.75) is 45.7 Å². The van der Waals surface area contributed by atoms with Crippen molar-refractivity contribution in [3.8, 4) is 0 Å². The smallest absolute Gasteiger partial charge is 0.0219 e. The Kier molecular flexibility index (Phi) is 3.60. The SMILES string of the molecule is Cc1cc(CNC2CC=CCC2)c(C)s1. The molecular weight excluding hydrogens is 202 g/mol. The van der Waals surface area contributed by atoms with Gasteiger partial charge in [0.1, 0.15) is 0 Å². The summed E-state index contributed by atoms with van der Waals surface area (Å²) in [5.41, 5.74) is 1.48. The lowest BCUT2D eigenvalue weighted by Crippen LogP contribution is -2.29. The Morgan fingerprint density at radius 3 is 2.87 bits per heavy atom. The lowest BCUT2D eigenvalue weighted by atomic mass is 10.0. The third-order valence-electron chi connectivity index (χ3n) is 2.99. The van der Waals surface area contributed by atoms with Crippen LogP contribution in [0.15, 0.2) is 18.2 Å². The lowest BCUT2D eigenvalue weighted by Gasteiger charge is -2.19. The third kappa shape index (κ3) is 2.93. The molecule has 82 valence electrons. The molecule has 1 heterocycles. The molecule has 1 nitrogen and oxygen atoms in total.